The van der Waals surface area contributed by atoms with Gasteiger partial charge in [-0.2, -0.15) is 5.10 Å². The van der Waals surface area contributed by atoms with Crippen molar-refractivity contribution in [2.24, 2.45) is 7.05 Å². The highest BCUT2D eigenvalue weighted by Crippen LogP contribution is 2.30. The van der Waals surface area contributed by atoms with Crippen LogP contribution in [0.5, 0.6) is 0 Å². The Balaban J connectivity index is 1.57. The molecule has 0 spiro atoms. The van der Waals surface area contributed by atoms with E-state index in [2.05, 4.69) is 15.4 Å². The van der Waals surface area contributed by atoms with Gasteiger partial charge < -0.3 is 9.73 Å². The zero-order chi connectivity index (χ0) is 16.7. The molecule has 4 rings (SSSR count). The van der Waals surface area contributed by atoms with E-state index >= 15 is 0 Å². The Morgan fingerprint density at radius 3 is 3.17 bits per heavy atom. The summed E-state index contributed by atoms with van der Waals surface area (Å²) >= 11 is 1.54. The molecule has 3 aromatic heterocycles. The number of hydrogen-bond acceptors (Lipinski definition) is 5. The summed E-state index contributed by atoms with van der Waals surface area (Å²) in [7, 11) is 1.94. The lowest BCUT2D eigenvalue weighted by Crippen LogP contribution is -2.31. The lowest BCUT2D eigenvalue weighted by molar-refractivity contribution is 0.0926. The van der Waals surface area contributed by atoms with Gasteiger partial charge in [0.1, 0.15) is 5.76 Å². The van der Waals surface area contributed by atoms with Crippen molar-refractivity contribution in [1.29, 1.82) is 0 Å². The number of thiophene rings is 1. The number of carbonyl (C=O) groups is 1. The SMILES string of the molecule is Cc1oc(-c2cccs2)nc1C(=O)NC1CCCc2c1cnn2C. The zero-order valence-electron chi connectivity index (χ0n) is 13.6. The summed E-state index contributed by atoms with van der Waals surface area (Å²) in [6.07, 6.45) is 4.81. The van der Waals surface area contributed by atoms with Crippen molar-refractivity contribution in [1.82, 2.24) is 20.1 Å². The molecular weight excluding hydrogens is 324 g/mol. The first-order valence-corrected chi connectivity index (χ1v) is 8.84. The van der Waals surface area contributed by atoms with Gasteiger partial charge in [0.2, 0.25) is 5.89 Å². The number of aryl methyl sites for hydroxylation is 2. The number of nitrogens with one attached hydrogen (secondary N) is 1. The largest absolute Gasteiger partial charge is 0.440 e. The highest BCUT2D eigenvalue weighted by molar-refractivity contribution is 7.13. The summed E-state index contributed by atoms with van der Waals surface area (Å²) in [6, 6.07) is 3.85. The number of hydrogen-bond donors (Lipinski definition) is 1. The van der Waals surface area contributed by atoms with E-state index in [1.165, 1.54) is 17.0 Å². The van der Waals surface area contributed by atoms with Gasteiger partial charge in [0.05, 0.1) is 17.1 Å². The fourth-order valence-electron chi connectivity index (χ4n) is 3.20. The fraction of sp³-hybridized carbons (Fsp3) is 0.353. The van der Waals surface area contributed by atoms with Crippen LogP contribution in [0.1, 0.15) is 46.4 Å². The molecular formula is C17H18N4O2S. The molecule has 1 aliphatic carbocycles. The molecule has 0 aromatic carbocycles. The average molecular weight is 342 g/mol. The number of amides is 1. The Morgan fingerprint density at radius 2 is 2.38 bits per heavy atom. The monoisotopic (exact) mass is 342 g/mol. The standard InChI is InChI=1S/C17H18N4O2S/c1-10-15(20-17(23-10)14-7-4-8-24-14)16(22)19-12-5-3-6-13-11(12)9-18-21(13)2/h4,7-9,12H,3,5-6H2,1-2H3,(H,19,22). The summed E-state index contributed by atoms with van der Waals surface area (Å²) in [6.45, 7) is 1.77. The minimum atomic E-state index is -0.194. The molecule has 0 fully saturated rings. The molecule has 6 nitrogen and oxygen atoms in total. The summed E-state index contributed by atoms with van der Waals surface area (Å²) in [5.74, 6) is 0.845. The topological polar surface area (TPSA) is 73.0 Å². The third-order valence-electron chi connectivity index (χ3n) is 4.42. The number of nitrogens with zero attached hydrogens (tertiary/aromatic N) is 3. The molecule has 1 N–H and O–H groups in total. The van der Waals surface area contributed by atoms with Gasteiger partial charge >= 0.3 is 0 Å². The maximum atomic E-state index is 12.7. The zero-order valence-corrected chi connectivity index (χ0v) is 14.4. The van der Waals surface area contributed by atoms with Crippen molar-refractivity contribution >= 4 is 17.2 Å². The van der Waals surface area contributed by atoms with Crippen LogP contribution in [0.4, 0.5) is 0 Å². The average Bonchev–Trinajstić information content (AvgIpc) is 3.28. The fourth-order valence-corrected chi connectivity index (χ4v) is 3.84. The van der Waals surface area contributed by atoms with E-state index in [0.29, 0.717) is 17.3 Å². The Labute approximate surface area is 143 Å². The van der Waals surface area contributed by atoms with Crippen LogP contribution in [0.3, 0.4) is 0 Å². The van der Waals surface area contributed by atoms with Gasteiger partial charge in [-0.3, -0.25) is 9.48 Å². The summed E-state index contributed by atoms with van der Waals surface area (Å²) in [4.78, 5) is 18.0. The van der Waals surface area contributed by atoms with Crippen LogP contribution in [0.15, 0.2) is 28.1 Å². The van der Waals surface area contributed by atoms with Crippen LogP contribution in [-0.2, 0) is 13.5 Å². The smallest absolute Gasteiger partial charge is 0.274 e. The highest BCUT2D eigenvalue weighted by Gasteiger charge is 2.27. The molecule has 1 unspecified atom stereocenters. The second kappa shape index (κ2) is 5.90. The van der Waals surface area contributed by atoms with Crippen LogP contribution in [0.2, 0.25) is 0 Å². The van der Waals surface area contributed by atoms with Crippen LogP contribution >= 0.6 is 11.3 Å². The second-order valence-electron chi connectivity index (χ2n) is 5.99. The maximum Gasteiger partial charge on any atom is 0.274 e. The van der Waals surface area contributed by atoms with Crippen molar-refractivity contribution in [3.05, 3.63) is 46.4 Å². The number of aromatic nitrogens is 3. The van der Waals surface area contributed by atoms with Crippen LogP contribution in [-0.4, -0.2) is 20.7 Å². The van der Waals surface area contributed by atoms with E-state index in [-0.39, 0.29) is 11.9 Å². The quantitative estimate of drug-likeness (QED) is 0.793. The van der Waals surface area contributed by atoms with E-state index < -0.39 is 0 Å². The van der Waals surface area contributed by atoms with Crippen molar-refractivity contribution in [3.63, 3.8) is 0 Å². The lowest BCUT2D eigenvalue weighted by atomic mass is 9.93. The third-order valence-corrected chi connectivity index (χ3v) is 5.28. The second-order valence-corrected chi connectivity index (χ2v) is 6.94. The first-order valence-electron chi connectivity index (χ1n) is 7.96. The molecule has 3 heterocycles. The summed E-state index contributed by atoms with van der Waals surface area (Å²) in [5.41, 5.74) is 2.66. The first-order chi connectivity index (χ1) is 11.6. The van der Waals surface area contributed by atoms with Gasteiger partial charge in [0.25, 0.3) is 5.91 Å². The minimum Gasteiger partial charge on any atom is -0.440 e. The molecule has 0 bridgehead atoms. The lowest BCUT2D eigenvalue weighted by Gasteiger charge is -2.23. The molecule has 1 amide bonds. The molecule has 0 radical (unpaired) electrons. The van der Waals surface area contributed by atoms with Gasteiger partial charge in [-0.25, -0.2) is 4.98 Å². The van der Waals surface area contributed by atoms with Crippen molar-refractivity contribution < 1.29 is 9.21 Å². The summed E-state index contributed by atoms with van der Waals surface area (Å²) in [5, 5.41) is 9.37. The van der Waals surface area contributed by atoms with E-state index in [9.17, 15) is 4.79 Å². The Kier molecular flexibility index (Phi) is 3.72. The minimum absolute atomic E-state index is 0.0174. The molecule has 3 aromatic rings. The van der Waals surface area contributed by atoms with E-state index in [0.717, 1.165) is 29.7 Å². The molecule has 0 aliphatic heterocycles. The molecule has 24 heavy (non-hydrogen) atoms. The molecule has 124 valence electrons. The predicted molar refractivity (Wildman–Crippen MR) is 90.9 cm³/mol. The van der Waals surface area contributed by atoms with Gasteiger partial charge in [-0.15, -0.1) is 11.3 Å². The highest BCUT2D eigenvalue weighted by atomic mass is 32.1. The van der Waals surface area contributed by atoms with Gasteiger partial charge in [0, 0.05) is 18.3 Å². The number of fused-ring (bicyclic) bond motifs is 1. The van der Waals surface area contributed by atoms with Crippen LogP contribution < -0.4 is 5.32 Å². The van der Waals surface area contributed by atoms with Gasteiger partial charge in [-0.05, 0) is 37.6 Å². The number of rotatable bonds is 3. The number of carbonyl (C=O) groups excluding carboxylic acids is 1. The molecule has 1 atom stereocenters. The normalized spacial score (nSPS) is 16.8. The number of oxazole rings is 1. The molecule has 0 saturated heterocycles. The van der Waals surface area contributed by atoms with Crippen molar-refractivity contribution in [3.8, 4) is 10.8 Å². The van der Waals surface area contributed by atoms with E-state index in [1.807, 2.05) is 35.4 Å². The first kappa shape index (κ1) is 15.1. The Hall–Kier alpha value is -2.41. The third kappa shape index (κ3) is 2.54. The van der Waals surface area contributed by atoms with E-state index in [4.69, 9.17) is 4.42 Å². The van der Waals surface area contributed by atoms with Crippen molar-refractivity contribution in [2.45, 2.75) is 32.2 Å². The predicted octanol–water partition coefficient (Wildman–Crippen LogP) is 3.25. The van der Waals surface area contributed by atoms with E-state index in [1.54, 1.807) is 6.92 Å². The molecule has 0 saturated carbocycles. The Bertz CT molecular complexity index is 879. The maximum absolute atomic E-state index is 12.7. The summed E-state index contributed by atoms with van der Waals surface area (Å²) < 4.78 is 7.56. The molecule has 1 aliphatic rings. The van der Waals surface area contributed by atoms with Gasteiger partial charge in [-0.1, -0.05) is 6.07 Å². The van der Waals surface area contributed by atoms with Crippen LogP contribution in [0, 0.1) is 6.92 Å². The van der Waals surface area contributed by atoms with Gasteiger partial charge in [0.15, 0.2) is 5.69 Å². The van der Waals surface area contributed by atoms with Crippen LogP contribution in [0.25, 0.3) is 10.8 Å². The Morgan fingerprint density at radius 1 is 1.50 bits per heavy atom. The van der Waals surface area contributed by atoms with Crippen molar-refractivity contribution in [2.75, 3.05) is 0 Å². The molecule has 7 heteroatoms.